The van der Waals surface area contributed by atoms with Crippen LogP contribution in [0.2, 0.25) is 0 Å². The summed E-state index contributed by atoms with van der Waals surface area (Å²) < 4.78 is 0. The highest BCUT2D eigenvalue weighted by Crippen LogP contribution is 2.31. The van der Waals surface area contributed by atoms with Gasteiger partial charge in [-0.25, -0.2) is 4.98 Å². The molecular formula is C16H18N2O3S. The van der Waals surface area contributed by atoms with Gasteiger partial charge >= 0.3 is 0 Å². The summed E-state index contributed by atoms with van der Waals surface area (Å²) in [7, 11) is 0. The number of amides is 1. The molecule has 0 unspecified atom stereocenters. The zero-order valence-corrected chi connectivity index (χ0v) is 12.9. The van der Waals surface area contributed by atoms with E-state index in [9.17, 15) is 15.0 Å². The van der Waals surface area contributed by atoms with E-state index in [1.165, 1.54) is 23.6 Å². The van der Waals surface area contributed by atoms with Crippen LogP contribution in [0.1, 0.15) is 40.7 Å². The van der Waals surface area contributed by atoms with Crippen molar-refractivity contribution in [1.82, 2.24) is 9.88 Å². The molecule has 0 aromatic carbocycles. The number of aromatic nitrogens is 1. The molecule has 5 nitrogen and oxygen atoms in total. The Bertz CT molecular complexity index is 645. The minimum Gasteiger partial charge on any atom is -0.505 e. The lowest BCUT2D eigenvalue weighted by atomic mass is 10.1. The van der Waals surface area contributed by atoms with Crippen LogP contribution in [-0.2, 0) is 0 Å². The SMILES string of the molecule is O=C(c1ncccc1O)N1CCC[C@@H]1C[C@H](O)c1cccs1. The summed E-state index contributed by atoms with van der Waals surface area (Å²) in [4.78, 5) is 19.2. The van der Waals surface area contributed by atoms with Gasteiger partial charge in [-0.1, -0.05) is 6.07 Å². The fourth-order valence-electron chi connectivity index (χ4n) is 2.90. The van der Waals surface area contributed by atoms with Crippen LogP contribution in [0.25, 0.3) is 0 Å². The molecule has 1 amide bonds. The van der Waals surface area contributed by atoms with Gasteiger partial charge in [0.25, 0.3) is 5.91 Å². The summed E-state index contributed by atoms with van der Waals surface area (Å²) in [6.45, 7) is 0.636. The highest BCUT2D eigenvalue weighted by atomic mass is 32.1. The van der Waals surface area contributed by atoms with Crippen LogP contribution < -0.4 is 0 Å². The third kappa shape index (κ3) is 2.98. The molecule has 1 saturated heterocycles. The van der Waals surface area contributed by atoms with Gasteiger partial charge in [0.1, 0.15) is 5.75 Å². The Morgan fingerprint density at radius 2 is 2.32 bits per heavy atom. The second kappa shape index (κ2) is 6.46. The smallest absolute Gasteiger partial charge is 0.276 e. The largest absolute Gasteiger partial charge is 0.505 e. The van der Waals surface area contributed by atoms with Gasteiger partial charge < -0.3 is 15.1 Å². The number of aliphatic hydroxyl groups is 1. The second-order valence-corrected chi connectivity index (χ2v) is 6.41. The molecule has 2 aromatic rings. The first kappa shape index (κ1) is 15.0. The maximum Gasteiger partial charge on any atom is 0.276 e. The highest BCUT2D eigenvalue weighted by molar-refractivity contribution is 7.10. The summed E-state index contributed by atoms with van der Waals surface area (Å²) in [5.74, 6) is -0.365. The summed E-state index contributed by atoms with van der Waals surface area (Å²) in [6.07, 6.45) is 3.22. The second-order valence-electron chi connectivity index (χ2n) is 5.43. The molecule has 1 fully saturated rings. The van der Waals surface area contributed by atoms with Gasteiger partial charge in [0.2, 0.25) is 0 Å². The first-order chi connectivity index (χ1) is 10.7. The van der Waals surface area contributed by atoms with Crippen molar-refractivity contribution in [3.63, 3.8) is 0 Å². The van der Waals surface area contributed by atoms with Crippen molar-refractivity contribution in [2.24, 2.45) is 0 Å². The molecule has 2 atom stereocenters. The Kier molecular flexibility index (Phi) is 4.40. The maximum atomic E-state index is 12.6. The number of carbonyl (C=O) groups excluding carboxylic acids is 1. The number of rotatable bonds is 4. The average Bonchev–Trinajstić information content (AvgIpc) is 3.18. The quantitative estimate of drug-likeness (QED) is 0.908. The van der Waals surface area contributed by atoms with Gasteiger partial charge in [-0.05, 0) is 42.8 Å². The molecule has 116 valence electrons. The van der Waals surface area contributed by atoms with E-state index in [2.05, 4.69) is 4.98 Å². The Hall–Kier alpha value is -1.92. The van der Waals surface area contributed by atoms with Crippen molar-refractivity contribution in [2.45, 2.75) is 31.4 Å². The minimum absolute atomic E-state index is 0.0222. The number of likely N-dealkylation sites (tertiary alicyclic amines) is 1. The summed E-state index contributed by atoms with van der Waals surface area (Å²) >= 11 is 1.52. The van der Waals surface area contributed by atoms with E-state index in [4.69, 9.17) is 0 Å². The van der Waals surface area contributed by atoms with Gasteiger partial charge in [-0.2, -0.15) is 0 Å². The average molecular weight is 318 g/mol. The van der Waals surface area contributed by atoms with Gasteiger partial charge in [0.15, 0.2) is 5.69 Å². The van der Waals surface area contributed by atoms with Crippen molar-refractivity contribution in [2.75, 3.05) is 6.54 Å². The van der Waals surface area contributed by atoms with E-state index in [0.717, 1.165) is 17.7 Å². The number of aromatic hydroxyl groups is 1. The number of hydrogen-bond acceptors (Lipinski definition) is 5. The molecule has 0 aliphatic carbocycles. The Morgan fingerprint density at radius 3 is 3.05 bits per heavy atom. The lowest BCUT2D eigenvalue weighted by Gasteiger charge is -2.26. The van der Waals surface area contributed by atoms with Crippen LogP contribution in [0.15, 0.2) is 35.8 Å². The molecule has 3 heterocycles. The van der Waals surface area contributed by atoms with Crippen molar-refractivity contribution in [3.05, 3.63) is 46.4 Å². The fourth-order valence-corrected chi connectivity index (χ4v) is 3.63. The lowest BCUT2D eigenvalue weighted by Crippen LogP contribution is -2.36. The molecule has 2 N–H and O–H groups in total. The van der Waals surface area contributed by atoms with E-state index >= 15 is 0 Å². The molecule has 0 spiro atoms. The molecule has 6 heteroatoms. The van der Waals surface area contributed by atoms with Gasteiger partial charge in [-0.3, -0.25) is 4.79 Å². The monoisotopic (exact) mass is 318 g/mol. The fraction of sp³-hybridized carbons (Fsp3) is 0.375. The van der Waals surface area contributed by atoms with Crippen molar-refractivity contribution in [3.8, 4) is 5.75 Å². The Balaban J connectivity index is 1.73. The third-order valence-corrected chi connectivity index (χ3v) is 4.97. The van der Waals surface area contributed by atoms with Gasteiger partial charge in [-0.15, -0.1) is 11.3 Å². The maximum absolute atomic E-state index is 12.6. The lowest BCUT2D eigenvalue weighted by molar-refractivity contribution is 0.0661. The van der Waals surface area contributed by atoms with E-state index in [1.54, 1.807) is 11.0 Å². The van der Waals surface area contributed by atoms with E-state index in [-0.39, 0.29) is 23.4 Å². The number of hydrogen-bond donors (Lipinski definition) is 2. The van der Waals surface area contributed by atoms with Gasteiger partial charge in [0.05, 0.1) is 6.10 Å². The zero-order valence-electron chi connectivity index (χ0n) is 12.1. The standard InChI is InChI=1S/C16H18N2O3S/c19-12-5-1-7-17-15(12)16(21)18-8-2-4-11(18)10-13(20)14-6-3-9-22-14/h1,3,5-7,9,11,13,19-20H,2,4,8,10H2/t11-,13+/m1/s1. The molecule has 2 aromatic heterocycles. The van der Waals surface area contributed by atoms with Crippen LogP contribution in [0.4, 0.5) is 0 Å². The highest BCUT2D eigenvalue weighted by Gasteiger charge is 2.33. The number of thiophene rings is 1. The van der Waals surface area contributed by atoms with Gasteiger partial charge in [0, 0.05) is 23.7 Å². The molecule has 0 bridgehead atoms. The van der Waals surface area contributed by atoms with E-state index in [0.29, 0.717) is 13.0 Å². The topological polar surface area (TPSA) is 73.7 Å². The van der Waals surface area contributed by atoms with Crippen molar-refractivity contribution >= 4 is 17.2 Å². The first-order valence-electron chi connectivity index (χ1n) is 7.33. The predicted molar refractivity (Wildman–Crippen MR) is 83.9 cm³/mol. The molecule has 1 aliphatic rings. The minimum atomic E-state index is -0.560. The van der Waals surface area contributed by atoms with Crippen molar-refractivity contribution in [1.29, 1.82) is 0 Å². The first-order valence-corrected chi connectivity index (χ1v) is 8.21. The summed E-state index contributed by atoms with van der Waals surface area (Å²) in [6, 6.07) is 6.85. The van der Waals surface area contributed by atoms with Crippen LogP contribution >= 0.6 is 11.3 Å². The van der Waals surface area contributed by atoms with E-state index < -0.39 is 6.10 Å². The van der Waals surface area contributed by atoms with Crippen LogP contribution in [0.5, 0.6) is 5.75 Å². The number of nitrogens with zero attached hydrogens (tertiary/aromatic N) is 2. The molecule has 0 radical (unpaired) electrons. The number of aliphatic hydroxyl groups excluding tert-OH is 1. The number of pyridine rings is 1. The summed E-state index contributed by atoms with van der Waals surface area (Å²) in [5, 5.41) is 22.0. The molecular weight excluding hydrogens is 300 g/mol. The molecule has 0 saturated carbocycles. The zero-order chi connectivity index (χ0) is 15.5. The normalized spacial score (nSPS) is 19.3. The molecule has 3 rings (SSSR count). The predicted octanol–water partition coefficient (Wildman–Crippen LogP) is 2.58. The van der Waals surface area contributed by atoms with Crippen LogP contribution in [0, 0.1) is 0 Å². The Morgan fingerprint density at radius 1 is 1.45 bits per heavy atom. The van der Waals surface area contributed by atoms with Crippen LogP contribution in [-0.4, -0.2) is 38.6 Å². The van der Waals surface area contributed by atoms with Crippen molar-refractivity contribution < 1.29 is 15.0 Å². The number of carbonyl (C=O) groups is 1. The third-order valence-electron chi connectivity index (χ3n) is 3.99. The molecule has 1 aliphatic heterocycles. The summed E-state index contributed by atoms with van der Waals surface area (Å²) in [5.41, 5.74) is 0.0833. The van der Waals surface area contributed by atoms with Crippen LogP contribution in [0.3, 0.4) is 0 Å². The molecule has 22 heavy (non-hydrogen) atoms. The van der Waals surface area contributed by atoms with E-state index in [1.807, 2.05) is 17.5 Å². The Labute approximate surface area is 132 Å².